The van der Waals surface area contributed by atoms with E-state index in [1.807, 2.05) is 12.3 Å². The first-order valence-corrected chi connectivity index (χ1v) is 7.35. The Kier molecular flexibility index (Phi) is 5.16. The number of aliphatic hydroxyl groups is 1. The van der Waals surface area contributed by atoms with Crippen molar-refractivity contribution in [2.45, 2.75) is 51.1 Å². The van der Waals surface area contributed by atoms with Gasteiger partial charge in [0.1, 0.15) is 0 Å². The Morgan fingerprint density at radius 1 is 1.42 bits per heavy atom. The second-order valence-electron chi connectivity index (χ2n) is 5.34. The van der Waals surface area contributed by atoms with Gasteiger partial charge in [-0.2, -0.15) is 0 Å². The van der Waals surface area contributed by atoms with Gasteiger partial charge in [0.15, 0.2) is 0 Å². The van der Waals surface area contributed by atoms with Crippen molar-refractivity contribution in [2.75, 3.05) is 18.1 Å². The molecule has 0 aliphatic carbocycles. The molecule has 4 heteroatoms. The van der Waals surface area contributed by atoms with Crippen LogP contribution in [0.5, 0.6) is 0 Å². The van der Waals surface area contributed by atoms with Crippen LogP contribution in [-0.2, 0) is 0 Å². The van der Waals surface area contributed by atoms with Crippen LogP contribution in [0.3, 0.4) is 0 Å². The van der Waals surface area contributed by atoms with Crippen molar-refractivity contribution in [3.05, 3.63) is 24.0 Å². The largest absolute Gasteiger partial charge is 0.394 e. The molecule has 1 aliphatic rings. The van der Waals surface area contributed by atoms with E-state index in [4.69, 9.17) is 5.73 Å². The van der Waals surface area contributed by atoms with E-state index in [1.165, 1.54) is 19.3 Å². The summed E-state index contributed by atoms with van der Waals surface area (Å²) in [5.41, 5.74) is 8.04. The first-order chi connectivity index (χ1) is 9.26. The highest BCUT2D eigenvalue weighted by Gasteiger charge is 2.20. The Balaban J connectivity index is 2.14. The zero-order valence-electron chi connectivity index (χ0n) is 11.8. The van der Waals surface area contributed by atoms with Crippen LogP contribution in [0.15, 0.2) is 18.3 Å². The summed E-state index contributed by atoms with van der Waals surface area (Å²) in [6, 6.07) is 4.36. The molecule has 2 atom stereocenters. The van der Waals surface area contributed by atoms with Gasteiger partial charge in [0.05, 0.1) is 30.2 Å². The van der Waals surface area contributed by atoms with Gasteiger partial charge in [-0.3, -0.25) is 4.98 Å². The topological polar surface area (TPSA) is 62.4 Å². The summed E-state index contributed by atoms with van der Waals surface area (Å²) in [6.45, 7) is 3.29. The summed E-state index contributed by atoms with van der Waals surface area (Å²) in [7, 11) is 0. The molecule has 2 rings (SSSR count). The van der Waals surface area contributed by atoms with E-state index in [0.717, 1.165) is 30.8 Å². The summed E-state index contributed by atoms with van der Waals surface area (Å²) < 4.78 is 0. The van der Waals surface area contributed by atoms with Gasteiger partial charge in [-0.05, 0) is 31.4 Å². The number of rotatable bonds is 4. The molecule has 0 aromatic carbocycles. The molecule has 0 amide bonds. The molecule has 1 aromatic heterocycles. The van der Waals surface area contributed by atoms with Crippen molar-refractivity contribution in [3.8, 4) is 0 Å². The van der Waals surface area contributed by atoms with Crippen LogP contribution in [0.1, 0.15) is 50.8 Å². The van der Waals surface area contributed by atoms with Gasteiger partial charge < -0.3 is 15.7 Å². The SMILES string of the molecule is CC[C@@H](N)c1ccc(N2CCCCCC2CO)cn1. The standard InChI is InChI=1S/C15H25N3O/c1-2-14(16)15-8-7-12(10-17-15)18-9-5-3-4-6-13(18)11-19/h7-8,10,13-14,19H,2-6,9,11,16H2,1H3/t13?,14-/m1/s1. The van der Waals surface area contributed by atoms with Gasteiger partial charge >= 0.3 is 0 Å². The van der Waals surface area contributed by atoms with Crippen molar-refractivity contribution in [2.24, 2.45) is 5.73 Å². The number of nitrogens with two attached hydrogens (primary N) is 1. The molecule has 3 N–H and O–H groups in total. The first-order valence-electron chi connectivity index (χ1n) is 7.35. The summed E-state index contributed by atoms with van der Waals surface area (Å²) in [5, 5.41) is 9.55. The fourth-order valence-electron chi connectivity index (χ4n) is 2.70. The number of hydrogen-bond acceptors (Lipinski definition) is 4. The molecule has 1 aromatic rings. The maximum Gasteiger partial charge on any atom is 0.0635 e. The molecule has 1 unspecified atom stereocenters. The number of nitrogens with zero attached hydrogens (tertiary/aromatic N) is 2. The Hall–Kier alpha value is -1.13. The van der Waals surface area contributed by atoms with Crippen LogP contribution in [-0.4, -0.2) is 29.3 Å². The Labute approximate surface area is 115 Å². The summed E-state index contributed by atoms with van der Waals surface area (Å²) >= 11 is 0. The van der Waals surface area contributed by atoms with Crippen molar-refractivity contribution >= 4 is 5.69 Å². The minimum Gasteiger partial charge on any atom is -0.394 e. The Morgan fingerprint density at radius 3 is 2.89 bits per heavy atom. The predicted molar refractivity (Wildman–Crippen MR) is 78.1 cm³/mol. The fraction of sp³-hybridized carbons (Fsp3) is 0.667. The Morgan fingerprint density at radius 2 is 2.26 bits per heavy atom. The third-order valence-electron chi connectivity index (χ3n) is 4.01. The van der Waals surface area contributed by atoms with E-state index in [2.05, 4.69) is 22.9 Å². The lowest BCUT2D eigenvalue weighted by Crippen LogP contribution is -2.37. The molecule has 0 spiro atoms. The first kappa shape index (κ1) is 14.3. The van der Waals surface area contributed by atoms with Gasteiger partial charge in [-0.25, -0.2) is 0 Å². The maximum atomic E-state index is 9.55. The molecule has 0 radical (unpaired) electrons. The summed E-state index contributed by atoms with van der Waals surface area (Å²) in [4.78, 5) is 6.77. The van der Waals surface area contributed by atoms with Crippen molar-refractivity contribution in [3.63, 3.8) is 0 Å². The van der Waals surface area contributed by atoms with Crippen LogP contribution < -0.4 is 10.6 Å². The molecule has 0 bridgehead atoms. The minimum atomic E-state index is 0.0202. The number of aliphatic hydroxyl groups excluding tert-OH is 1. The molecule has 1 saturated heterocycles. The van der Waals surface area contributed by atoms with Gasteiger partial charge in [0, 0.05) is 12.6 Å². The molecule has 0 saturated carbocycles. The molecule has 19 heavy (non-hydrogen) atoms. The molecular formula is C15H25N3O. The van der Waals surface area contributed by atoms with E-state index < -0.39 is 0 Å². The highest BCUT2D eigenvalue weighted by molar-refractivity contribution is 5.46. The van der Waals surface area contributed by atoms with Crippen LogP contribution in [0.4, 0.5) is 5.69 Å². The van der Waals surface area contributed by atoms with Crippen LogP contribution in [0, 0.1) is 0 Å². The number of pyridine rings is 1. The quantitative estimate of drug-likeness (QED) is 0.874. The third-order valence-corrected chi connectivity index (χ3v) is 4.01. The van der Waals surface area contributed by atoms with Crippen LogP contribution in [0.25, 0.3) is 0 Å². The van der Waals surface area contributed by atoms with E-state index in [1.54, 1.807) is 0 Å². The van der Waals surface area contributed by atoms with Gasteiger partial charge in [0.25, 0.3) is 0 Å². The van der Waals surface area contributed by atoms with Crippen molar-refractivity contribution < 1.29 is 5.11 Å². The normalized spacial score (nSPS) is 22.1. The second kappa shape index (κ2) is 6.87. The van der Waals surface area contributed by atoms with Gasteiger partial charge in [-0.15, -0.1) is 0 Å². The third kappa shape index (κ3) is 3.45. The lowest BCUT2D eigenvalue weighted by molar-refractivity contribution is 0.255. The average molecular weight is 263 g/mol. The van der Waals surface area contributed by atoms with Gasteiger partial charge in [0.2, 0.25) is 0 Å². The van der Waals surface area contributed by atoms with Gasteiger partial charge in [-0.1, -0.05) is 19.8 Å². The van der Waals surface area contributed by atoms with E-state index in [9.17, 15) is 5.11 Å². The van der Waals surface area contributed by atoms with E-state index in [-0.39, 0.29) is 18.7 Å². The minimum absolute atomic E-state index is 0.0202. The molecule has 1 aliphatic heterocycles. The van der Waals surface area contributed by atoms with Crippen molar-refractivity contribution in [1.29, 1.82) is 0 Å². The predicted octanol–water partition coefficient (Wildman–Crippen LogP) is 2.23. The molecule has 2 heterocycles. The zero-order chi connectivity index (χ0) is 13.7. The Bertz CT molecular complexity index is 379. The summed E-state index contributed by atoms with van der Waals surface area (Å²) in [6.07, 6.45) is 7.50. The van der Waals surface area contributed by atoms with E-state index >= 15 is 0 Å². The summed E-state index contributed by atoms with van der Waals surface area (Å²) in [5.74, 6) is 0. The molecule has 1 fully saturated rings. The second-order valence-corrected chi connectivity index (χ2v) is 5.34. The number of hydrogen-bond donors (Lipinski definition) is 2. The fourth-order valence-corrected chi connectivity index (χ4v) is 2.70. The van der Waals surface area contributed by atoms with Crippen LogP contribution >= 0.6 is 0 Å². The molecule has 4 nitrogen and oxygen atoms in total. The lowest BCUT2D eigenvalue weighted by Gasteiger charge is -2.30. The van der Waals surface area contributed by atoms with Crippen molar-refractivity contribution in [1.82, 2.24) is 4.98 Å². The lowest BCUT2D eigenvalue weighted by atomic mass is 10.1. The van der Waals surface area contributed by atoms with Crippen LogP contribution in [0.2, 0.25) is 0 Å². The number of anilines is 1. The zero-order valence-corrected chi connectivity index (χ0v) is 11.8. The molecular weight excluding hydrogens is 238 g/mol. The monoisotopic (exact) mass is 263 g/mol. The van der Waals surface area contributed by atoms with E-state index in [0.29, 0.717) is 0 Å². The maximum absolute atomic E-state index is 9.55. The highest BCUT2D eigenvalue weighted by atomic mass is 16.3. The highest BCUT2D eigenvalue weighted by Crippen LogP contribution is 2.24. The number of aromatic nitrogens is 1. The molecule has 106 valence electrons. The smallest absolute Gasteiger partial charge is 0.0635 e. The average Bonchev–Trinajstić information content (AvgIpc) is 2.71.